The van der Waals surface area contributed by atoms with Gasteiger partial charge in [0.05, 0.1) is 16.9 Å². The van der Waals surface area contributed by atoms with E-state index in [4.69, 9.17) is 4.74 Å². The number of carbonyl (C=O) groups excluding carboxylic acids is 2. The summed E-state index contributed by atoms with van der Waals surface area (Å²) in [5, 5.41) is 5.11. The standard InChI is InChI=1S/C23H33N3O3S/c1-5-6-13-26-19(27)15-30-23-20(17-10-7-8-11-18(17)25(23)4)21(26)22(28)24-12-9-14-29-16(2)3/h7-8,10-11,16,21H,5-6,9,12-15H2,1-4H3,(H,24,28). The Bertz CT molecular complexity index is 893. The second-order valence-electron chi connectivity index (χ2n) is 7.99. The Kier molecular flexibility index (Phi) is 7.83. The molecule has 1 aliphatic heterocycles. The van der Waals surface area contributed by atoms with Crippen LogP contribution in [0.5, 0.6) is 0 Å². The lowest BCUT2D eigenvalue weighted by molar-refractivity contribution is -0.139. The van der Waals surface area contributed by atoms with Crippen LogP contribution in [0.2, 0.25) is 0 Å². The highest BCUT2D eigenvalue weighted by Gasteiger charge is 2.38. The Morgan fingerprint density at radius 2 is 2.07 bits per heavy atom. The molecular formula is C23H33N3O3S. The van der Waals surface area contributed by atoms with Gasteiger partial charge < -0.3 is 19.5 Å². The SMILES string of the molecule is CCCCN1C(=O)CSc2c(c3ccccc3n2C)C1C(=O)NCCCOC(C)C. The molecule has 0 saturated heterocycles. The summed E-state index contributed by atoms with van der Waals surface area (Å²) < 4.78 is 7.69. The molecular weight excluding hydrogens is 398 g/mol. The van der Waals surface area contributed by atoms with Gasteiger partial charge in [-0.2, -0.15) is 0 Å². The van der Waals surface area contributed by atoms with Crippen LogP contribution >= 0.6 is 11.8 Å². The Labute approximate surface area is 183 Å². The van der Waals surface area contributed by atoms with Gasteiger partial charge in [0.15, 0.2) is 0 Å². The summed E-state index contributed by atoms with van der Waals surface area (Å²) in [5.41, 5.74) is 2.04. The van der Waals surface area contributed by atoms with Crippen LogP contribution in [0.25, 0.3) is 10.9 Å². The highest BCUT2D eigenvalue weighted by molar-refractivity contribution is 8.00. The zero-order valence-electron chi connectivity index (χ0n) is 18.4. The molecule has 1 aromatic carbocycles. The lowest BCUT2D eigenvalue weighted by atomic mass is 10.0. The fourth-order valence-corrected chi connectivity index (χ4v) is 5.00. The van der Waals surface area contributed by atoms with Crippen molar-refractivity contribution in [2.24, 2.45) is 7.05 Å². The van der Waals surface area contributed by atoms with Crippen molar-refractivity contribution < 1.29 is 14.3 Å². The zero-order valence-corrected chi connectivity index (χ0v) is 19.3. The summed E-state index contributed by atoms with van der Waals surface area (Å²) in [7, 11) is 2.01. The number of hydrogen-bond acceptors (Lipinski definition) is 4. The summed E-state index contributed by atoms with van der Waals surface area (Å²) in [6, 6.07) is 7.52. The molecule has 0 aliphatic carbocycles. The van der Waals surface area contributed by atoms with Crippen LogP contribution in [-0.2, 0) is 21.4 Å². The van der Waals surface area contributed by atoms with Gasteiger partial charge in [0, 0.05) is 43.2 Å². The molecule has 30 heavy (non-hydrogen) atoms. The van der Waals surface area contributed by atoms with Crippen LogP contribution in [0.1, 0.15) is 51.6 Å². The van der Waals surface area contributed by atoms with E-state index in [1.807, 2.05) is 33.0 Å². The van der Waals surface area contributed by atoms with E-state index in [2.05, 4.69) is 28.9 Å². The molecule has 0 bridgehead atoms. The average molecular weight is 432 g/mol. The Morgan fingerprint density at radius 1 is 1.30 bits per heavy atom. The minimum Gasteiger partial charge on any atom is -0.379 e. The van der Waals surface area contributed by atoms with Crippen LogP contribution in [0.4, 0.5) is 0 Å². The van der Waals surface area contributed by atoms with E-state index in [9.17, 15) is 9.59 Å². The van der Waals surface area contributed by atoms with Gasteiger partial charge in [-0.1, -0.05) is 43.3 Å². The van der Waals surface area contributed by atoms with Gasteiger partial charge in [0.2, 0.25) is 11.8 Å². The average Bonchev–Trinajstić information content (AvgIpc) is 2.90. The number of aromatic nitrogens is 1. The zero-order chi connectivity index (χ0) is 21.7. The number of hydrogen-bond donors (Lipinski definition) is 1. The predicted octanol–water partition coefficient (Wildman–Crippen LogP) is 3.89. The molecule has 2 amide bonds. The molecule has 3 rings (SSSR count). The lowest BCUT2D eigenvalue weighted by Crippen LogP contribution is -2.44. The molecule has 1 atom stereocenters. The van der Waals surface area contributed by atoms with E-state index in [0.29, 0.717) is 25.4 Å². The maximum Gasteiger partial charge on any atom is 0.247 e. The number of carbonyl (C=O) groups is 2. The van der Waals surface area contributed by atoms with E-state index in [1.54, 1.807) is 4.90 Å². The molecule has 0 fully saturated rings. The first kappa shape index (κ1) is 22.7. The van der Waals surface area contributed by atoms with Gasteiger partial charge in [-0.25, -0.2) is 0 Å². The third kappa shape index (κ3) is 4.83. The molecule has 1 N–H and O–H groups in total. The number of aryl methyl sites for hydroxylation is 1. The number of nitrogens with one attached hydrogen (secondary N) is 1. The molecule has 0 radical (unpaired) electrons. The first-order valence-electron chi connectivity index (χ1n) is 10.8. The van der Waals surface area contributed by atoms with Crippen LogP contribution in [0.3, 0.4) is 0 Å². The monoisotopic (exact) mass is 431 g/mol. The van der Waals surface area contributed by atoms with E-state index in [1.165, 1.54) is 11.8 Å². The fraction of sp³-hybridized carbons (Fsp3) is 0.565. The van der Waals surface area contributed by atoms with Crippen molar-refractivity contribution in [3.8, 4) is 0 Å². The highest BCUT2D eigenvalue weighted by Crippen LogP contribution is 2.41. The molecule has 164 valence electrons. The molecule has 2 aromatic rings. The van der Waals surface area contributed by atoms with Crippen LogP contribution < -0.4 is 5.32 Å². The number of ether oxygens (including phenoxy) is 1. The molecule has 1 aromatic heterocycles. The highest BCUT2D eigenvalue weighted by atomic mass is 32.2. The van der Waals surface area contributed by atoms with Crippen molar-refractivity contribution in [1.82, 2.24) is 14.8 Å². The van der Waals surface area contributed by atoms with Gasteiger partial charge in [0.25, 0.3) is 0 Å². The number of unbranched alkanes of at least 4 members (excludes halogenated alkanes) is 1. The van der Waals surface area contributed by atoms with E-state index in [-0.39, 0.29) is 17.9 Å². The number of thioether (sulfide) groups is 1. The molecule has 7 heteroatoms. The molecule has 0 spiro atoms. The Hall–Kier alpha value is -1.99. The van der Waals surface area contributed by atoms with Crippen molar-refractivity contribution in [3.63, 3.8) is 0 Å². The topological polar surface area (TPSA) is 63.6 Å². The van der Waals surface area contributed by atoms with Gasteiger partial charge in [-0.05, 0) is 32.8 Å². The Morgan fingerprint density at radius 3 is 2.80 bits per heavy atom. The third-order valence-electron chi connectivity index (χ3n) is 5.40. The van der Waals surface area contributed by atoms with Gasteiger partial charge in [-0.3, -0.25) is 9.59 Å². The molecule has 1 aliphatic rings. The summed E-state index contributed by atoms with van der Waals surface area (Å²) in [5.74, 6) is 0.272. The minimum absolute atomic E-state index is 0.0250. The number of fused-ring (bicyclic) bond motifs is 3. The van der Waals surface area contributed by atoms with Crippen molar-refractivity contribution in [1.29, 1.82) is 0 Å². The van der Waals surface area contributed by atoms with Gasteiger partial charge >= 0.3 is 0 Å². The maximum atomic E-state index is 13.4. The largest absolute Gasteiger partial charge is 0.379 e. The normalized spacial score (nSPS) is 16.8. The van der Waals surface area contributed by atoms with Crippen LogP contribution in [0, 0.1) is 0 Å². The third-order valence-corrected chi connectivity index (χ3v) is 6.56. The Balaban J connectivity index is 1.93. The minimum atomic E-state index is -0.605. The number of nitrogens with zero attached hydrogens (tertiary/aromatic N) is 2. The molecule has 6 nitrogen and oxygen atoms in total. The molecule has 0 saturated carbocycles. The predicted molar refractivity (Wildman–Crippen MR) is 122 cm³/mol. The lowest BCUT2D eigenvalue weighted by Gasteiger charge is -2.29. The summed E-state index contributed by atoms with van der Waals surface area (Å²) in [6.45, 7) is 7.83. The molecule has 2 heterocycles. The second kappa shape index (κ2) is 10.4. The maximum absolute atomic E-state index is 13.4. The van der Waals surface area contributed by atoms with Gasteiger partial charge in [0.1, 0.15) is 6.04 Å². The van der Waals surface area contributed by atoms with Crippen molar-refractivity contribution in [3.05, 3.63) is 29.8 Å². The first-order valence-corrected chi connectivity index (χ1v) is 11.8. The summed E-state index contributed by atoms with van der Waals surface area (Å²) in [4.78, 5) is 28.2. The van der Waals surface area contributed by atoms with E-state index in [0.717, 1.165) is 40.8 Å². The number of para-hydroxylation sites is 1. The van der Waals surface area contributed by atoms with Crippen LogP contribution in [-0.4, -0.2) is 52.8 Å². The van der Waals surface area contributed by atoms with Crippen molar-refractivity contribution in [2.75, 3.05) is 25.4 Å². The number of rotatable bonds is 9. The van der Waals surface area contributed by atoms with Gasteiger partial charge in [-0.15, -0.1) is 0 Å². The number of benzene rings is 1. The second-order valence-corrected chi connectivity index (χ2v) is 8.96. The van der Waals surface area contributed by atoms with Crippen molar-refractivity contribution in [2.45, 2.75) is 57.2 Å². The quantitative estimate of drug-likeness (QED) is 0.612. The number of amides is 2. The van der Waals surface area contributed by atoms with Crippen LogP contribution in [0.15, 0.2) is 29.3 Å². The van der Waals surface area contributed by atoms with E-state index >= 15 is 0 Å². The van der Waals surface area contributed by atoms with Crippen molar-refractivity contribution >= 4 is 34.5 Å². The first-order chi connectivity index (χ1) is 14.5. The fourth-order valence-electron chi connectivity index (χ4n) is 3.91. The summed E-state index contributed by atoms with van der Waals surface area (Å²) >= 11 is 1.54. The molecule has 1 unspecified atom stereocenters. The summed E-state index contributed by atoms with van der Waals surface area (Å²) in [6.07, 6.45) is 2.78. The van der Waals surface area contributed by atoms with E-state index < -0.39 is 6.04 Å². The smallest absolute Gasteiger partial charge is 0.247 e.